The molecule has 0 nitrogen and oxygen atoms in total. The molecule has 0 bridgehead atoms. The van der Waals surface area contributed by atoms with Crippen molar-refractivity contribution in [1.82, 2.24) is 0 Å². The summed E-state index contributed by atoms with van der Waals surface area (Å²) in [5, 5.41) is 7.65. The zero-order valence-corrected chi connectivity index (χ0v) is 35.0. The number of rotatable bonds is 9. The van der Waals surface area contributed by atoms with Crippen LogP contribution in [0.25, 0.3) is 99.1 Å². The Kier molecular flexibility index (Phi) is 9.24. The normalized spacial score (nSPS) is 14.4. The van der Waals surface area contributed by atoms with E-state index in [2.05, 4.69) is 220 Å². The second kappa shape index (κ2) is 15.2. The van der Waals surface area contributed by atoms with Crippen molar-refractivity contribution in [3.05, 3.63) is 217 Å². The Morgan fingerprint density at radius 3 is 1.36 bits per heavy atom. The first-order valence-electron chi connectivity index (χ1n) is 22.1. The van der Waals surface area contributed by atoms with E-state index in [1.54, 1.807) is 0 Å². The number of hydrogen-bond donors (Lipinski definition) is 0. The predicted octanol–water partition coefficient (Wildman–Crippen LogP) is 17.3. The summed E-state index contributed by atoms with van der Waals surface area (Å²) < 4.78 is 0. The molecule has 0 saturated carbocycles. The lowest BCUT2D eigenvalue weighted by Gasteiger charge is -2.31. The van der Waals surface area contributed by atoms with Gasteiger partial charge in [0.15, 0.2) is 0 Å². The van der Waals surface area contributed by atoms with Gasteiger partial charge in [-0.1, -0.05) is 209 Å². The van der Waals surface area contributed by atoms with Crippen LogP contribution in [0.4, 0.5) is 0 Å². The van der Waals surface area contributed by atoms with Crippen molar-refractivity contribution in [2.75, 3.05) is 0 Å². The molecule has 0 N–H and O–H groups in total. The molecule has 292 valence electrons. The highest BCUT2D eigenvalue weighted by Crippen LogP contribution is 2.55. The quantitative estimate of drug-likeness (QED) is 0.128. The number of benzene rings is 10. The van der Waals surface area contributed by atoms with Crippen LogP contribution in [0, 0.1) is 0 Å². The van der Waals surface area contributed by atoms with E-state index in [0.29, 0.717) is 0 Å². The lowest BCUT2D eigenvalue weighted by molar-refractivity contribution is 0.447. The van der Waals surface area contributed by atoms with E-state index in [0.717, 1.165) is 6.42 Å². The van der Waals surface area contributed by atoms with E-state index in [9.17, 15) is 0 Å². The molecule has 1 aliphatic carbocycles. The topological polar surface area (TPSA) is 0 Å². The average Bonchev–Trinajstić information content (AvgIpc) is 3.61. The predicted molar refractivity (Wildman–Crippen MR) is 262 cm³/mol. The average molecular weight is 781 g/mol. The minimum atomic E-state index is 0.0205. The summed E-state index contributed by atoms with van der Waals surface area (Å²) in [6, 6.07) is 77.2. The van der Waals surface area contributed by atoms with Gasteiger partial charge in [-0.25, -0.2) is 0 Å². The number of hydrogen-bond acceptors (Lipinski definition) is 0. The molecule has 10 aromatic carbocycles. The molecule has 10 aromatic rings. The monoisotopic (exact) mass is 780 g/mol. The van der Waals surface area contributed by atoms with Gasteiger partial charge in [0, 0.05) is 5.41 Å². The maximum absolute atomic E-state index is 2.57. The first-order valence-corrected chi connectivity index (χ1v) is 22.1. The lowest BCUT2D eigenvalue weighted by atomic mass is 9.72. The maximum Gasteiger partial charge on any atom is 0.0212 e. The Hall–Kier alpha value is -7.02. The molecular formula is C61H48. The van der Waals surface area contributed by atoms with Crippen LogP contribution in [0.3, 0.4) is 0 Å². The van der Waals surface area contributed by atoms with Gasteiger partial charge in [0.05, 0.1) is 0 Å². The van der Waals surface area contributed by atoms with Crippen molar-refractivity contribution >= 4 is 32.3 Å². The van der Waals surface area contributed by atoms with Crippen molar-refractivity contribution in [3.8, 4) is 66.8 Å². The van der Waals surface area contributed by atoms with E-state index in [1.165, 1.54) is 129 Å². The molecule has 11 rings (SSSR count). The molecule has 0 heterocycles. The van der Waals surface area contributed by atoms with Crippen LogP contribution >= 0.6 is 0 Å². The Balaban J connectivity index is 1.13. The Morgan fingerprint density at radius 1 is 0.311 bits per heavy atom. The molecule has 0 heteroatoms. The van der Waals surface area contributed by atoms with Crippen LogP contribution in [0.5, 0.6) is 0 Å². The molecule has 0 aromatic heterocycles. The lowest BCUT2D eigenvalue weighted by Crippen LogP contribution is -2.24. The van der Waals surface area contributed by atoms with E-state index in [-0.39, 0.29) is 5.41 Å². The summed E-state index contributed by atoms with van der Waals surface area (Å²) in [6.45, 7) is 4.72. The largest absolute Gasteiger partial charge is 0.0654 e. The number of unbranched alkanes of at least 4 members (excludes halogenated alkanes) is 1. The molecule has 0 aliphatic heterocycles. The van der Waals surface area contributed by atoms with Crippen LogP contribution in [0.2, 0.25) is 0 Å². The third kappa shape index (κ3) is 6.04. The van der Waals surface area contributed by atoms with Crippen LogP contribution in [0.1, 0.15) is 50.7 Å². The van der Waals surface area contributed by atoms with Gasteiger partial charge >= 0.3 is 0 Å². The van der Waals surface area contributed by atoms with Crippen molar-refractivity contribution in [2.45, 2.75) is 44.9 Å². The fourth-order valence-corrected chi connectivity index (χ4v) is 10.8. The van der Waals surface area contributed by atoms with Gasteiger partial charge in [0.1, 0.15) is 0 Å². The van der Waals surface area contributed by atoms with Gasteiger partial charge in [-0.3, -0.25) is 0 Å². The molecule has 0 fully saturated rings. The molecule has 61 heavy (non-hydrogen) atoms. The fourth-order valence-electron chi connectivity index (χ4n) is 10.8. The van der Waals surface area contributed by atoms with E-state index >= 15 is 0 Å². The highest BCUT2D eigenvalue weighted by Gasteiger charge is 2.41. The van der Waals surface area contributed by atoms with Gasteiger partial charge in [-0.05, 0) is 147 Å². The summed E-state index contributed by atoms with van der Waals surface area (Å²) >= 11 is 0. The summed E-state index contributed by atoms with van der Waals surface area (Å²) in [5.41, 5.74) is 18.3. The summed E-state index contributed by atoms with van der Waals surface area (Å²) in [6.07, 6.45) is 4.67. The minimum Gasteiger partial charge on any atom is -0.0654 e. The van der Waals surface area contributed by atoms with Gasteiger partial charge in [0.2, 0.25) is 0 Å². The van der Waals surface area contributed by atoms with Crippen LogP contribution in [-0.2, 0) is 5.41 Å². The van der Waals surface area contributed by atoms with Gasteiger partial charge < -0.3 is 0 Å². The van der Waals surface area contributed by atoms with E-state index < -0.39 is 0 Å². The summed E-state index contributed by atoms with van der Waals surface area (Å²) in [5.74, 6) is 0. The maximum atomic E-state index is 2.57. The zero-order chi connectivity index (χ0) is 40.9. The second-order valence-electron chi connectivity index (χ2n) is 16.9. The molecule has 0 spiro atoms. The molecule has 1 unspecified atom stereocenters. The Bertz CT molecular complexity index is 3150. The Labute approximate surface area is 359 Å². The van der Waals surface area contributed by atoms with Crippen molar-refractivity contribution < 1.29 is 0 Å². The molecule has 0 radical (unpaired) electrons. The van der Waals surface area contributed by atoms with Crippen LogP contribution in [-0.4, -0.2) is 0 Å². The zero-order valence-electron chi connectivity index (χ0n) is 35.0. The van der Waals surface area contributed by atoms with Crippen LogP contribution < -0.4 is 0 Å². The molecule has 1 aliphatic rings. The van der Waals surface area contributed by atoms with E-state index in [4.69, 9.17) is 0 Å². The van der Waals surface area contributed by atoms with Crippen LogP contribution in [0.15, 0.2) is 206 Å². The van der Waals surface area contributed by atoms with E-state index in [1.807, 2.05) is 0 Å². The highest BCUT2D eigenvalue weighted by molar-refractivity contribution is 6.24. The molecule has 1 atom stereocenters. The van der Waals surface area contributed by atoms with Gasteiger partial charge in [-0.2, -0.15) is 0 Å². The first-order chi connectivity index (χ1) is 30.2. The highest BCUT2D eigenvalue weighted by atomic mass is 14.4. The summed E-state index contributed by atoms with van der Waals surface area (Å²) in [4.78, 5) is 0. The van der Waals surface area contributed by atoms with Gasteiger partial charge in [0.25, 0.3) is 0 Å². The minimum absolute atomic E-state index is 0.0205. The fraction of sp³-hybridized carbons (Fsp3) is 0.115. The van der Waals surface area contributed by atoms with Crippen molar-refractivity contribution in [2.24, 2.45) is 0 Å². The Morgan fingerprint density at radius 2 is 0.770 bits per heavy atom. The first kappa shape index (κ1) is 37.0. The standard InChI is InChI=1S/C61H48/c1-3-5-36-61(4-2)57-31-19-18-26-50(57)51-33-32-43(40-58(51)61)59-52-27-14-16-29-54(52)60(55-30-17-15-28-53(55)59)56-35-34-47(48-24-12-13-25-49(48)56)46-38-44(41-20-8-6-9-21-41)37-45(39-46)42-22-10-7-11-23-42/h6-35,37-40H,3-5,36H2,1-2H3. The molecule has 0 amide bonds. The van der Waals surface area contributed by atoms with Crippen molar-refractivity contribution in [1.29, 1.82) is 0 Å². The number of fused-ring (bicyclic) bond motifs is 6. The summed E-state index contributed by atoms with van der Waals surface area (Å²) in [7, 11) is 0. The molecule has 0 saturated heterocycles. The van der Waals surface area contributed by atoms with Crippen molar-refractivity contribution in [3.63, 3.8) is 0 Å². The smallest absolute Gasteiger partial charge is 0.0212 e. The third-order valence-corrected chi connectivity index (χ3v) is 13.7. The third-order valence-electron chi connectivity index (χ3n) is 13.7. The molecular weight excluding hydrogens is 733 g/mol. The second-order valence-corrected chi connectivity index (χ2v) is 16.9. The SMILES string of the molecule is CCCCC1(CC)c2ccccc2-c2ccc(-c3c4ccccc4c(-c4ccc(-c5cc(-c6ccccc6)cc(-c6ccccc6)c5)c5ccccc45)c4ccccc34)cc21. The van der Waals surface area contributed by atoms with Gasteiger partial charge in [-0.15, -0.1) is 0 Å².